The Balaban J connectivity index is 1.72. The second-order valence-electron chi connectivity index (χ2n) is 6.84. The summed E-state index contributed by atoms with van der Waals surface area (Å²) in [4.78, 5) is 2.45. The van der Waals surface area contributed by atoms with Crippen molar-refractivity contribution in [2.45, 2.75) is 38.3 Å². The molecule has 0 spiro atoms. The zero-order chi connectivity index (χ0) is 16.7. The van der Waals surface area contributed by atoms with Crippen LogP contribution >= 0.6 is 23.2 Å². The third-order valence-electron chi connectivity index (χ3n) is 4.80. The Hall–Kier alpha value is -1.07. The molecule has 0 bridgehead atoms. The van der Waals surface area contributed by atoms with Gasteiger partial charge in [-0.2, -0.15) is 0 Å². The molecule has 1 atom stereocenters. The molecule has 1 saturated carbocycles. The number of aromatic nitrogens is 1. The summed E-state index contributed by atoms with van der Waals surface area (Å²) >= 11 is 12.8. The maximum atomic E-state index is 6.42. The highest BCUT2D eigenvalue weighted by Crippen LogP contribution is 2.46. The normalized spacial score (nSPS) is 22.0. The van der Waals surface area contributed by atoms with E-state index in [2.05, 4.69) is 22.3 Å². The minimum Gasteiger partial charge on any atom is -0.360 e. The van der Waals surface area contributed by atoms with Gasteiger partial charge in [-0.25, -0.2) is 0 Å². The topological polar surface area (TPSA) is 41.3 Å². The van der Waals surface area contributed by atoms with Crippen LogP contribution in [0.5, 0.6) is 0 Å². The molecule has 0 unspecified atom stereocenters. The molecule has 1 N–H and O–H groups in total. The molecule has 2 heterocycles. The Morgan fingerprint density at radius 1 is 1.29 bits per heavy atom. The molecule has 4 nitrogen and oxygen atoms in total. The molecule has 4 rings (SSSR count). The first-order valence-corrected chi connectivity index (χ1v) is 9.27. The maximum Gasteiger partial charge on any atom is 0.144 e. The number of hydrogen-bond acceptors (Lipinski definition) is 4. The summed E-state index contributed by atoms with van der Waals surface area (Å²) in [5.41, 5.74) is 2.75. The lowest BCUT2D eigenvalue weighted by molar-refractivity contribution is 0.198. The molecule has 1 aromatic carbocycles. The number of halogens is 2. The molecule has 128 valence electrons. The highest BCUT2D eigenvalue weighted by Gasteiger charge is 2.34. The minimum atomic E-state index is 0.496. The zero-order valence-electron chi connectivity index (χ0n) is 13.7. The van der Waals surface area contributed by atoms with E-state index >= 15 is 0 Å². The van der Waals surface area contributed by atoms with Crippen LogP contribution in [0.1, 0.15) is 37.0 Å². The van der Waals surface area contributed by atoms with E-state index in [1.807, 2.05) is 18.2 Å². The maximum absolute atomic E-state index is 6.42. The molecule has 2 fully saturated rings. The van der Waals surface area contributed by atoms with E-state index in [0.717, 1.165) is 48.8 Å². The number of benzene rings is 1. The van der Waals surface area contributed by atoms with E-state index in [4.69, 9.17) is 27.7 Å². The van der Waals surface area contributed by atoms with Gasteiger partial charge in [-0.3, -0.25) is 4.90 Å². The van der Waals surface area contributed by atoms with Gasteiger partial charge in [0.15, 0.2) is 0 Å². The van der Waals surface area contributed by atoms with Crippen LogP contribution in [0.25, 0.3) is 11.3 Å². The molecule has 1 aromatic heterocycles. The van der Waals surface area contributed by atoms with Gasteiger partial charge in [0.05, 0.1) is 10.0 Å². The van der Waals surface area contributed by atoms with Gasteiger partial charge in [0.25, 0.3) is 0 Å². The van der Waals surface area contributed by atoms with Crippen LogP contribution < -0.4 is 5.32 Å². The van der Waals surface area contributed by atoms with Crippen molar-refractivity contribution in [2.75, 3.05) is 19.6 Å². The van der Waals surface area contributed by atoms with Gasteiger partial charge in [0.1, 0.15) is 11.5 Å². The largest absolute Gasteiger partial charge is 0.360 e. The van der Waals surface area contributed by atoms with Gasteiger partial charge in [-0.1, -0.05) is 34.4 Å². The molecule has 24 heavy (non-hydrogen) atoms. The number of hydrogen-bond donors (Lipinski definition) is 1. The smallest absolute Gasteiger partial charge is 0.144 e. The molecule has 0 radical (unpaired) electrons. The number of nitrogens with zero attached hydrogens (tertiary/aromatic N) is 2. The van der Waals surface area contributed by atoms with E-state index in [9.17, 15) is 0 Å². The van der Waals surface area contributed by atoms with E-state index in [-0.39, 0.29) is 0 Å². The summed E-state index contributed by atoms with van der Waals surface area (Å²) in [6.07, 6.45) is 2.35. The fraction of sp³-hybridized carbons (Fsp3) is 0.500. The first-order valence-electron chi connectivity index (χ1n) is 8.52. The molecule has 0 amide bonds. The molecular weight excluding hydrogens is 345 g/mol. The van der Waals surface area contributed by atoms with Gasteiger partial charge in [-0.15, -0.1) is 0 Å². The predicted octanol–water partition coefficient (Wildman–Crippen LogP) is 4.32. The Morgan fingerprint density at radius 2 is 2.04 bits per heavy atom. The highest BCUT2D eigenvalue weighted by atomic mass is 35.5. The first kappa shape index (κ1) is 16.4. The number of rotatable bonds is 4. The summed E-state index contributed by atoms with van der Waals surface area (Å²) in [5.74, 6) is 1.52. The van der Waals surface area contributed by atoms with Crippen molar-refractivity contribution in [1.29, 1.82) is 0 Å². The van der Waals surface area contributed by atoms with Crippen LogP contribution in [0, 0.1) is 0 Å². The standard InChI is InChI=1S/C18H21Cl2N3O/c1-11-9-23(8-7-21-11)10-13-17(22-24-18(13)12-5-6-12)16-14(19)3-2-4-15(16)20/h2-4,11-12,21H,5-10H2,1H3/t11-/m0/s1. The molecule has 1 aliphatic carbocycles. The molecular formula is C18H21Cl2N3O. The number of nitrogens with one attached hydrogen (secondary N) is 1. The Bertz CT molecular complexity index is 722. The summed E-state index contributed by atoms with van der Waals surface area (Å²) in [7, 11) is 0. The Morgan fingerprint density at radius 3 is 2.71 bits per heavy atom. The van der Waals surface area contributed by atoms with Crippen LogP contribution in [0.4, 0.5) is 0 Å². The highest BCUT2D eigenvalue weighted by molar-refractivity contribution is 6.39. The van der Waals surface area contributed by atoms with Gasteiger partial charge >= 0.3 is 0 Å². The van der Waals surface area contributed by atoms with Gasteiger partial charge in [0, 0.05) is 49.3 Å². The summed E-state index contributed by atoms with van der Waals surface area (Å²) in [5, 5.41) is 9.09. The monoisotopic (exact) mass is 365 g/mol. The van der Waals surface area contributed by atoms with Crippen molar-refractivity contribution in [3.05, 3.63) is 39.6 Å². The van der Waals surface area contributed by atoms with Crippen molar-refractivity contribution in [1.82, 2.24) is 15.4 Å². The lowest BCUT2D eigenvalue weighted by atomic mass is 10.0. The van der Waals surface area contributed by atoms with Gasteiger partial charge in [0.2, 0.25) is 0 Å². The van der Waals surface area contributed by atoms with Crippen molar-refractivity contribution in [3.63, 3.8) is 0 Å². The number of piperazine rings is 1. The molecule has 2 aliphatic rings. The van der Waals surface area contributed by atoms with E-state index < -0.39 is 0 Å². The van der Waals surface area contributed by atoms with Crippen molar-refractivity contribution in [2.24, 2.45) is 0 Å². The second kappa shape index (κ2) is 6.68. The summed E-state index contributed by atoms with van der Waals surface area (Å²) < 4.78 is 5.74. The predicted molar refractivity (Wildman–Crippen MR) is 96.7 cm³/mol. The second-order valence-corrected chi connectivity index (χ2v) is 7.65. The third-order valence-corrected chi connectivity index (χ3v) is 5.43. The van der Waals surface area contributed by atoms with E-state index in [1.165, 1.54) is 12.8 Å². The van der Waals surface area contributed by atoms with Crippen molar-refractivity contribution < 1.29 is 4.52 Å². The molecule has 1 saturated heterocycles. The van der Waals surface area contributed by atoms with Crippen LogP contribution in [0.3, 0.4) is 0 Å². The molecule has 2 aromatic rings. The van der Waals surface area contributed by atoms with Gasteiger partial charge < -0.3 is 9.84 Å². The molecule has 6 heteroatoms. The summed E-state index contributed by atoms with van der Waals surface area (Å²) in [6.45, 7) is 6.10. The van der Waals surface area contributed by atoms with Crippen molar-refractivity contribution in [3.8, 4) is 11.3 Å². The quantitative estimate of drug-likeness (QED) is 0.875. The lowest BCUT2D eigenvalue weighted by Gasteiger charge is -2.31. The van der Waals surface area contributed by atoms with Crippen LogP contribution in [0.15, 0.2) is 22.7 Å². The lowest BCUT2D eigenvalue weighted by Crippen LogP contribution is -2.48. The Labute approximate surface area is 152 Å². The van der Waals surface area contributed by atoms with Crippen LogP contribution in [-0.2, 0) is 6.54 Å². The van der Waals surface area contributed by atoms with E-state index in [0.29, 0.717) is 22.0 Å². The SMILES string of the molecule is C[C@H]1CN(Cc2c(-c3c(Cl)cccc3Cl)noc2C2CC2)CCN1. The first-order chi connectivity index (χ1) is 11.6. The minimum absolute atomic E-state index is 0.496. The molecule has 1 aliphatic heterocycles. The fourth-order valence-corrected chi connectivity index (χ4v) is 4.02. The van der Waals surface area contributed by atoms with E-state index in [1.54, 1.807) is 0 Å². The third kappa shape index (κ3) is 3.21. The average Bonchev–Trinajstić information content (AvgIpc) is 3.31. The summed E-state index contributed by atoms with van der Waals surface area (Å²) in [6, 6.07) is 6.05. The average molecular weight is 366 g/mol. The van der Waals surface area contributed by atoms with Crippen molar-refractivity contribution >= 4 is 23.2 Å². The van der Waals surface area contributed by atoms with Crippen LogP contribution in [0.2, 0.25) is 10.0 Å². The zero-order valence-corrected chi connectivity index (χ0v) is 15.2. The Kier molecular flexibility index (Phi) is 4.56. The van der Waals surface area contributed by atoms with Crippen LogP contribution in [-0.4, -0.2) is 35.7 Å². The fourth-order valence-electron chi connectivity index (χ4n) is 3.44. The van der Waals surface area contributed by atoms with Gasteiger partial charge in [-0.05, 0) is 31.9 Å².